The number of pyridine rings is 2. The Labute approximate surface area is 205 Å². The summed E-state index contributed by atoms with van der Waals surface area (Å²) < 4.78 is 0. The lowest BCUT2D eigenvalue weighted by Crippen LogP contribution is -2.29. The van der Waals surface area contributed by atoms with Gasteiger partial charge in [0.05, 0.1) is 22.6 Å². The maximum absolute atomic E-state index is 12.9. The van der Waals surface area contributed by atoms with Crippen molar-refractivity contribution in [1.82, 2.24) is 35.5 Å². The van der Waals surface area contributed by atoms with Crippen LogP contribution in [0.15, 0.2) is 72.6 Å². The topological polar surface area (TPSA) is 108 Å². The second kappa shape index (κ2) is 11.3. The predicted octanol–water partition coefficient (Wildman–Crippen LogP) is 3.43. The summed E-state index contributed by atoms with van der Waals surface area (Å²) in [6, 6.07) is 7.40. The van der Waals surface area contributed by atoms with Crippen molar-refractivity contribution in [2.45, 2.75) is 19.8 Å². The number of nitrogens with one attached hydrogen (secondary N) is 3. The van der Waals surface area contributed by atoms with E-state index in [0.29, 0.717) is 17.2 Å². The summed E-state index contributed by atoms with van der Waals surface area (Å²) >= 11 is 0. The van der Waals surface area contributed by atoms with E-state index in [0.717, 1.165) is 48.6 Å². The number of hydrogen-bond acceptors (Lipinski definition) is 8. The standard InChI is InChI=1S/C26H30N8O/c1-18-24(33-26-29-12-10-23(32-26)19-5-4-11-28-16-19)15-20(17-30-18)25(35)31-21-6-8-22(9-7-21)34(3)14-13-27-2/h4-6,8,10-12,15-17,27H,7,9,13-14H2,1-3H3,(H,31,35)(H,29,32,33). The van der Waals surface area contributed by atoms with Crippen LogP contribution in [0.4, 0.5) is 11.6 Å². The number of nitrogens with zero attached hydrogens (tertiary/aromatic N) is 5. The van der Waals surface area contributed by atoms with Crippen LogP contribution < -0.4 is 16.0 Å². The molecule has 0 atom stereocenters. The molecule has 9 heteroatoms. The van der Waals surface area contributed by atoms with Crippen LogP contribution in [0.3, 0.4) is 0 Å². The summed E-state index contributed by atoms with van der Waals surface area (Å²) in [6.45, 7) is 3.74. The largest absolute Gasteiger partial charge is 0.377 e. The van der Waals surface area contributed by atoms with Crippen LogP contribution in [0.25, 0.3) is 11.3 Å². The third-order valence-electron chi connectivity index (χ3n) is 5.80. The SMILES string of the molecule is CNCCN(C)C1=CC=C(NC(=O)c2cnc(C)c(Nc3nccc(-c4cccnc4)n3)c2)CC1. The van der Waals surface area contributed by atoms with Crippen molar-refractivity contribution < 1.29 is 4.79 Å². The summed E-state index contributed by atoms with van der Waals surface area (Å²) in [7, 11) is 4.04. The molecule has 0 saturated heterocycles. The van der Waals surface area contributed by atoms with Crippen molar-refractivity contribution in [3.63, 3.8) is 0 Å². The molecule has 0 spiro atoms. The Bertz CT molecular complexity index is 1240. The lowest BCUT2D eigenvalue weighted by Gasteiger charge is -2.25. The Kier molecular flexibility index (Phi) is 7.79. The highest BCUT2D eigenvalue weighted by Gasteiger charge is 2.15. The molecule has 3 heterocycles. The molecule has 0 unspecified atom stereocenters. The van der Waals surface area contributed by atoms with Gasteiger partial charge in [0.25, 0.3) is 5.91 Å². The van der Waals surface area contributed by atoms with E-state index < -0.39 is 0 Å². The Hall–Kier alpha value is -4.11. The molecule has 0 fully saturated rings. The van der Waals surface area contributed by atoms with E-state index >= 15 is 0 Å². The van der Waals surface area contributed by atoms with Crippen molar-refractivity contribution in [1.29, 1.82) is 0 Å². The number of allylic oxidation sites excluding steroid dienone is 4. The highest BCUT2D eigenvalue weighted by Crippen LogP contribution is 2.22. The number of likely N-dealkylation sites (N-methyl/N-ethyl adjacent to an activating group) is 2. The Morgan fingerprint density at radius 3 is 2.74 bits per heavy atom. The number of hydrogen-bond donors (Lipinski definition) is 3. The van der Waals surface area contributed by atoms with E-state index in [9.17, 15) is 4.79 Å². The van der Waals surface area contributed by atoms with E-state index in [1.165, 1.54) is 5.70 Å². The lowest BCUT2D eigenvalue weighted by molar-refractivity contribution is 0.0964. The smallest absolute Gasteiger partial charge is 0.257 e. The van der Waals surface area contributed by atoms with Crippen LogP contribution in [0.2, 0.25) is 0 Å². The molecule has 3 aromatic heterocycles. The number of amides is 1. The molecule has 35 heavy (non-hydrogen) atoms. The summed E-state index contributed by atoms with van der Waals surface area (Å²) in [5.41, 5.74) is 5.68. The van der Waals surface area contributed by atoms with Crippen LogP contribution in [-0.4, -0.2) is 57.9 Å². The van der Waals surface area contributed by atoms with Crippen molar-refractivity contribution in [3.8, 4) is 11.3 Å². The van der Waals surface area contributed by atoms with Gasteiger partial charge in [0.1, 0.15) is 0 Å². The normalized spacial score (nSPS) is 13.0. The Morgan fingerprint density at radius 2 is 2.00 bits per heavy atom. The maximum atomic E-state index is 12.9. The molecule has 9 nitrogen and oxygen atoms in total. The minimum absolute atomic E-state index is 0.197. The van der Waals surface area contributed by atoms with E-state index in [1.54, 1.807) is 30.9 Å². The first-order valence-electron chi connectivity index (χ1n) is 11.6. The van der Waals surface area contributed by atoms with Crippen LogP contribution in [0.5, 0.6) is 0 Å². The Morgan fingerprint density at radius 1 is 1.11 bits per heavy atom. The molecule has 3 aromatic rings. The Balaban J connectivity index is 1.45. The molecular weight excluding hydrogens is 440 g/mol. The van der Waals surface area contributed by atoms with Crippen LogP contribution in [0.1, 0.15) is 28.9 Å². The zero-order valence-corrected chi connectivity index (χ0v) is 20.2. The molecular formula is C26H30N8O. The quantitative estimate of drug-likeness (QED) is 0.437. The van der Waals surface area contributed by atoms with Gasteiger partial charge in [-0.3, -0.25) is 14.8 Å². The average molecular weight is 471 g/mol. The second-order valence-electron chi connectivity index (χ2n) is 8.32. The molecule has 0 bridgehead atoms. The van der Waals surface area contributed by atoms with Gasteiger partial charge in [0.2, 0.25) is 5.95 Å². The van der Waals surface area contributed by atoms with Gasteiger partial charge in [-0.25, -0.2) is 9.97 Å². The fraction of sp³-hybridized carbons (Fsp3) is 0.269. The molecule has 1 aliphatic rings. The van der Waals surface area contributed by atoms with Gasteiger partial charge >= 0.3 is 0 Å². The number of carbonyl (C=O) groups is 1. The highest BCUT2D eigenvalue weighted by atomic mass is 16.1. The first-order valence-corrected chi connectivity index (χ1v) is 11.6. The third-order valence-corrected chi connectivity index (χ3v) is 5.80. The molecule has 0 aliphatic heterocycles. The zero-order chi connectivity index (χ0) is 24.6. The van der Waals surface area contributed by atoms with Gasteiger partial charge in [-0.15, -0.1) is 0 Å². The third kappa shape index (κ3) is 6.27. The van der Waals surface area contributed by atoms with Crippen molar-refractivity contribution in [2.75, 3.05) is 32.5 Å². The maximum Gasteiger partial charge on any atom is 0.257 e. The summed E-state index contributed by atoms with van der Waals surface area (Å²) in [4.78, 5) is 32.6. The van der Waals surface area contributed by atoms with Crippen LogP contribution in [-0.2, 0) is 0 Å². The van der Waals surface area contributed by atoms with Crippen LogP contribution >= 0.6 is 0 Å². The molecule has 0 radical (unpaired) electrons. The molecule has 1 aliphatic carbocycles. The van der Waals surface area contributed by atoms with E-state index in [2.05, 4.69) is 53.9 Å². The second-order valence-corrected chi connectivity index (χ2v) is 8.32. The molecule has 1 amide bonds. The van der Waals surface area contributed by atoms with Crippen molar-refractivity contribution >= 4 is 17.5 Å². The number of anilines is 2. The lowest BCUT2D eigenvalue weighted by atomic mass is 10.1. The van der Waals surface area contributed by atoms with Crippen molar-refractivity contribution in [3.05, 3.63) is 83.9 Å². The molecule has 0 saturated carbocycles. The van der Waals surface area contributed by atoms with Gasteiger partial charge in [0, 0.05) is 61.9 Å². The van der Waals surface area contributed by atoms with E-state index in [4.69, 9.17) is 0 Å². The predicted molar refractivity (Wildman–Crippen MR) is 137 cm³/mol. The number of carbonyl (C=O) groups excluding carboxylic acids is 1. The minimum Gasteiger partial charge on any atom is -0.377 e. The van der Waals surface area contributed by atoms with Gasteiger partial charge < -0.3 is 20.9 Å². The number of aryl methyl sites for hydroxylation is 1. The van der Waals surface area contributed by atoms with Gasteiger partial charge in [-0.1, -0.05) is 0 Å². The molecule has 4 rings (SSSR count). The minimum atomic E-state index is -0.197. The molecule has 3 N–H and O–H groups in total. The van der Waals surface area contributed by atoms with Gasteiger partial charge in [0.15, 0.2) is 0 Å². The average Bonchev–Trinajstić information content (AvgIpc) is 2.89. The molecule has 180 valence electrons. The highest BCUT2D eigenvalue weighted by molar-refractivity contribution is 5.96. The monoisotopic (exact) mass is 470 g/mol. The first-order chi connectivity index (χ1) is 17.0. The summed E-state index contributed by atoms with van der Waals surface area (Å²) in [5.74, 6) is 0.223. The van der Waals surface area contributed by atoms with Gasteiger partial charge in [-0.2, -0.15) is 0 Å². The fourth-order valence-electron chi connectivity index (χ4n) is 3.69. The fourth-order valence-corrected chi connectivity index (χ4v) is 3.69. The number of rotatable bonds is 9. The van der Waals surface area contributed by atoms with Crippen molar-refractivity contribution in [2.24, 2.45) is 0 Å². The number of aromatic nitrogens is 4. The zero-order valence-electron chi connectivity index (χ0n) is 20.2. The summed E-state index contributed by atoms with van der Waals surface area (Å²) in [5, 5.41) is 9.38. The summed E-state index contributed by atoms with van der Waals surface area (Å²) in [6.07, 6.45) is 12.5. The molecule has 0 aromatic carbocycles. The van der Waals surface area contributed by atoms with Crippen LogP contribution in [0, 0.1) is 6.92 Å². The first kappa shape index (κ1) is 24.0. The van der Waals surface area contributed by atoms with E-state index in [-0.39, 0.29) is 5.91 Å². The van der Waals surface area contributed by atoms with Gasteiger partial charge in [-0.05, 0) is 63.2 Å². The van der Waals surface area contributed by atoms with E-state index in [1.807, 2.05) is 38.2 Å².